The third kappa shape index (κ3) is 3.90. The lowest BCUT2D eigenvalue weighted by molar-refractivity contribution is -0.137. The third-order valence-electron chi connectivity index (χ3n) is 5.65. The highest BCUT2D eigenvalue weighted by Crippen LogP contribution is 2.40. The van der Waals surface area contributed by atoms with E-state index in [4.69, 9.17) is 4.74 Å². The molecule has 6 nitrogen and oxygen atoms in total. The summed E-state index contributed by atoms with van der Waals surface area (Å²) in [7, 11) is 1.29. The summed E-state index contributed by atoms with van der Waals surface area (Å²) < 4.78 is 33.2. The van der Waals surface area contributed by atoms with Gasteiger partial charge in [-0.15, -0.1) is 0 Å². The summed E-state index contributed by atoms with van der Waals surface area (Å²) in [4.78, 5) is 27.4. The van der Waals surface area contributed by atoms with Crippen molar-refractivity contribution in [1.29, 1.82) is 0 Å². The number of halogens is 2. The number of amides is 2. The molecule has 1 spiro atoms. The van der Waals surface area contributed by atoms with Gasteiger partial charge in [-0.1, -0.05) is 0 Å². The van der Waals surface area contributed by atoms with Crippen LogP contribution in [0, 0.1) is 17.0 Å². The molecule has 2 saturated heterocycles. The normalized spacial score (nSPS) is 22.0. The first-order valence-corrected chi connectivity index (χ1v) is 9.00. The van der Waals surface area contributed by atoms with Crippen LogP contribution in [0.5, 0.6) is 5.75 Å². The van der Waals surface area contributed by atoms with E-state index >= 15 is 0 Å². The first kappa shape index (κ1) is 19.5. The fraction of sp³-hybridized carbons (Fsp3) is 0.579. The van der Waals surface area contributed by atoms with E-state index in [-0.39, 0.29) is 17.1 Å². The molecule has 8 heteroatoms. The second-order valence-corrected chi connectivity index (χ2v) is 7.52. The minimum absolute atomic E-state index is 0.0136. The van der Waals surface area contributed by atoms with E-state index in [1.54, 1.807) is 4.90 Å². The van der Waals surface area contributed by atoms with Crippen molar-refractivity contribution in [2.45, 2.75) is 32.3 Å². The van der Waals surface area contributed by atoms with Gasteiger partial charge in [0.25, 0.3) is 5.91 Å². The number of hydrogen-bond acceptors (Lipinski definition) is 4. The lowest BCUT2D eigenvalue weighted by Gasteiger charge is -2.49. The molecule has 1 aromatic carbocycles. The number of carbonyl (C=O) groups excluding carboxylic acids is 2. The Kier molecular flexibility index (Phi) is 5.37. The van der Waals surface area contributed by atoms with Gasteiger partial charge >= 0.3 is 0 Å². The fourth-order valence-corrected chi connectivity index (χ4v) is 4.17. The quantitative estimate of drug-likeness (QED) is 0.847. The molecule has 0 saturated carbocycles. The predicted molar refractivity (Wildman–Crippen MR) is 93.4 cm³/mol. The van der Waals surface area contributed by atoms with Crippen LogP contribution >= 0.6 is 0 Å². The van der Waals surface area contributed by atoms with Gasteiger partial charge in [0.2, 0.25) is 5.91 Å². The Labute approximate surface area is 156 Å². The molecule has 1 N–H and O–H groups in total. The molecule has 1 aromatic rings. The Bertz CT molecular complexity index is 724. The highest BCUT2D eigenvalue weighted by atomic mass is 19.1. The largest absolute Gasteiger partial charge is 0.497 e. The summed E-state index contributed by atoms with van der Waals surface area (Å²) in [6, 6.07) is 1.98. The van der Waals surface area contributed by atoms with Crippen LogP contribution in [-0.4, -0.2) is 66.1 Å². The van der Waals surface area contributed by atoms with Gasteiger partial charge in [0.15, 0.2) is 0 Å². The number of methoxy groups -OCH3 is 1. The highest BCUT2D eigenvalue weighted by Gasteiger charge is 2.43. The molecule has 0 bridgehead atoms. The van der Waals surface area contributed by atoms with Crippen LogP contribution in [-0.2, 0) is 4.79 Å². The van der Waals surface area contributed by atoms with Gasteiger partial charge in [-0.3, -0.25) is 9.59 Å². The average Bonchev–Trinajstić information content (AvgIpc) is 2.60. The van der Waals surface area contributed by atoms with Crippen LogP contribution < -0.4 is 4.74 Å². The van der Waals surface area contributed by atoms with Crippen molar-refractivity contribution >= 4 is 11.8 Å². The zero-order valence-electron chi connectivity index (χ0n) is 15.5. The molecule has 3 rings (SSSR count). The Balaban J connectivity index is 1.72. The van der Waals surface area contributed by atoms with Gasteiger partial charge in [0.1, 0.15) is 22.9 Å². The number of ether oxygens (including phenoxy) is 1. The van der Waals surface area contributed by atoms with Crippen LogP contribution in [0.4, 0.5) is 8.78 Å². The Morgan fingerprint density at radius 3 is 2.30 bits per heavy atom. The highest BCUT2D eigenvalue weighted by molar-refractivity contribution is 5.95. The lowest BCUT2D eigenvalue weighted by Crippen LogP contribution is -2.55. The number of β-amino-alcohol motifs (C(OH)–C–C–N with tert-alkyl or cyclic N) is 1. The van der Waals surface area contributed by atoms with Gasteiger partial charge in [-0.25, -0.2) is 8.78 Å². The first-order chi connectivity index (χ1) is 12.7. The van der Waals surface area contributed by atoms with Crippen molar-refractivity contribution in [2.24, 2.45) is 5.41 Å². The van der Waals surface area contributed by atoms with E-state index < -0.39 is 29.2 Å². The maximum Gasteiger partial charge on any atom is 0.259 e. The maximum atomic E-state index is 14.2. The minimum Gasteiger partial charge on any atom is -0.497 e. The molecule has 1 unspecified atom stereocenters. The zero-order valence-corrected chi connectivity index (χ0v) is 15.5. The topological polar surface area (TPSA) is 70.1 Å². The number of aliphatic hydroxyl groups is 1. The Morgan fingerprint density at radius 1 is 1.19 bits per heavy atom. The van der Waals surface area contributed by atoms with E-state index in [0.29, 0.717) is 45.4 Å². The molecule has 0 aliphatic carbocycles. The van der Waals surface area contributed by atoms with Gasteiger partial charge in [0, 0.05) is 45.2 Å². The molecule has 0 aromatic heterocycles. The SMILES string of the molecule is COc1cc(F)c(C(=O)N2CCC3(CC2)CC(O)CN(C(C)=O)C3)c(F)c1. The number of likely N-dealkylation sites (tertiary alicyclic amines) is 2. The predicted octanol–water partition coefficient (Wildman–Crippen LogP) is 1.81. The number of nitrogens with zero attached hydrogens (tertiary/aromatic N) is 2. The van der Waals surface area contributed by atoms with Crippen molar-refractivity contribution in [3.05, 3.63) is 29.3 Å². The fourth-order valence-electron chi connectivity index (χ4n) is 4.17. The van der Waals surface area contributed by atoms with Gasteiger partial charge in [0.05, 0.1) is 13.2 Å². The average molecular weight is 382 g/mol. The van der Waals surface area contributed by atoms with Crippen LogP contribution in [0.2, 0.25) is 0 Å². The third-order valence-corrected chi connectivity index (χ3v) is 5.65. The van der Waals surface area contributed by atoms with E-state index in [1.807, 2.05) is 0 Å². The number of aliphatic hydroxyl groups excluding tert-OH is 1. The minimum atomic E-state index is -0.951. The summed E-state index contributed by atoms with van der Waals surface area (Å²) in [5.41, 5.74) is -0.849. The van der Waals surface area contributed by atoms with Crippen molar-refractivity contribution in [2.75, 3.05) is 33.3 Å². The molecule has 2 amide bonds. The number of piperidine rings is 2. The van der Waals surface area contributed by atoms with E-state index in [9.17, 15) is 23.5 Å². The monoisotopic (exact) mass is 382 g/mol. The molecule has 148 valence electrons. The lowest BCUT2D eigenvalue weighted by atomic mass is 9.71. The van der Waals surface area contributed by atoms with Crippen molar-refractivity contribution in [3.8, 4) is 5.75 Å². The number of benzene rings is 1. The van der Waals surface area contributed by atoms with Crippen LogP contribution in [0.3, 0.4) is 0 Å². The summed E-state index contributed by atoms with van der Waals surface area (Å²) in [5.74, 6) is -2.67. The summed E-state index contributed by atoms with van der Waals surface area (Å²) in [5, 5.41) is 10.1. The van der Waals surface area contributed by atoms with Gasteiger partial charge < -0.3 is 19.6 Å². The molecule has 1 atom stereocenters. The van der Waals surface area contributed by atoms with Gasteiger partial charge in [-0.2, -0.15) is 0 Å². The molecule has 2 heterocycles. The Hall–Kier alpha value is -2.22. The number of hydrogen-bond donors (Lipinski definition) is 1. The first-order valence-electron chi connectivity index (χ1n) is 9.00. The smallest absolute Gasteiger partial charge is 0.259 e. The molecule has 2 aliphatic heterocycles. The molecular weight excluding hydrogens is 358 g/mol. The molecule has 0 radical (unpaired) electrons. The number of carbonyl (C=O) groups is 2. The van der Waals surface area contributed by atoms with E-state index in [2.05, 4.69) is 0 Å². The van der Waals surface area contributed by atoms with Crippen LogP contribution in [0.25, 0.3) is 0 Å². The van der Waals surface area contributed by atoms with E-state index in [0.717, 1.165) is 12.1 Å². The summed E-state index contributed by atoms with van der Waals surface area (Å²) >= 11 is 0. The zero-order chi connectivity index (χ0) is 19.8. The van der Waals surface area contributed by atoms with Crippen LogP contribution in [0.1, 0.15) is 36.5 Å². The maximum absolute atomic E-state index is 14.2. The standard InChI is InChI=1S/C19H24F2N2O4/c1-12(24)23-10-13(25)9-19(11-23)3-5-22(6-4-19)18(26)17-15(20)7-14(27-2)8-16(17)21/h7-8,13,25H,3-6,9-11H2,1-2H3. The van der Waals surface area contributed by atoms with Crippen molar-refractivity contribution in [3.63, 3.8) is 0 Å². The summed E-state index contributed by atoms with van der Waals surface area (Å²) in [6.45, 7) is 2.97. The number of rotatable bonds is 2. The Morgan fingerprint density at radius 2 is 1.78 bits per heavy atom. The van der Waals surface area contributed by atoms with Crippen molar-refractivity contribution < 1.29 is 28.2 Å². The molecule has 2 fully saturated rings. The van der Waals surface area contributed by atoms with Crippen molar-refractivity contribution in [1.82, 2.24) is 9.80 Å². The second-order valence-electron chi connectivity index (χ2n) is 7.52. The summed E-state index contributed by atoms with van der Waals surface area (Å²) in [6.07, 6.45) is 1.10. The van der Waals surface area contributed by atoms with Crippen LogP contribution in [0.15, 0.2) is 12.1 Å². The molecule has 27 heavy (non-hydrogen) atoms. The van der Waals surface area contributed by atoms with Gasteiger partial charge in [-0.05, 0) is 24.7 Å². The molecular formula is C19H24F2N2O4. The van der Waals surface area contributed by atoms with E-state index in [1.165, 1.54) is 18.9 Å². The molecule has 2 aliphatic rings. The second kappa shape index (κ2) is 7.42.